The van der Waals surface area contributed by atoms with Crippen molar-refractivity contribution in [2.45, 2.75) is 13.8 Å². The van der Waals surface area contributed by atoms with Gasteiger partial charge in [-0.15, -0.1) is 11.3 Å². The van der Waals surface area contributed by atoms with Gasteiger partial charge in [0.05, 0.1) is 30.0 Å². The fourth-order valence-corrected chi connectivity index (χ4v) is 6.05. The molecule has 0 atom stereocenters. The number of thiophene rings is 1. The van der Waals surface area contributed by atoms with Gasteiger partial charge in [-0.2, -0.15) is 0 Å². The van der Waals surface area contributed by atoms with Crippen molar-refractivity contribution < 1.29 is 19.1 Å². The van der Waals surface area contributed by atoms with Crippen LogP contribution in [-0.4, -0.2) is 30.1 Å². The topological polar surface area (TPSA) is 77.5 Å². The zero-order valence-corrected chi connectivity index (χ0v) is 24.0. The maximum atomic E-state index is 14.0. The van der Waals surface area contributed by atoms with Crippen LogP contribution in [0.3, 0.4) is 0 Å². The van der Waals surface area contributed by atoms with E-state index in [-0.39, 0.29) is 12.5 Å². The van der Waals surface area contributed by atoms with Crippen molar-refractivity contribution in [1.29, 1.82) is 0 Å². The van der Waals surface area contributed by atoms with Crippen LogP contribution in [0.2, 0.25) is 0 Å². The van der Waals surface area contributed by atoms with E-state index in [0.717, 1.165) is 33.2 Å². The molecule has 0 unspecified atom stereocenters. The largest absolute Gasteiger partial charge is 0.494 e. The number of fused-ring (bicyclic) bond motifs is 2. The third-order valence-electron chi connectivity index (χ3n) is 6.98. The Bertz CT molecular complexity index is 1940. The first-order valence-corrected chi connectivity index (χ1v) is 14.7. The minimum absolute atomic E-state index is 0.218. The van der Waals surface area contributed by atoms with Crippen LogP contribution in [0.25, 0.3) is 44.1 Å². The summed E-state index contributed by atoms with van der Waals surface area (Å²) in [6, 6.07) is 31.0. The number of rotatable bonds is 8. The van der Waals surface area contributed by atoms with Gasteiger partial charge in [-0.1, -0.05) is 72.8 Å². The van der Waals surface area contributed by atoms with Gasteiger partial charge in [0.2, 0.25) is 0 Å². The molecule has 0 fully saturated rings. The van der Waals surface area contributed by atoms with Crippen LogP contribution in [0, 0.1) is 0 Å². The van der Waals surface area contributed by atoms with E-state index in [1.54, 1.807) is 13.0 Å². The standard InChI is InChI=1S/C35H28N2O4S/c1-3-40-24-14-9-13-23(19-24)31-20-28(27-16-7-8-18-30(27)36-31)33(38)37-34-32(35(39)41-4-2)29(21-42-34)26-17-10-12-22-11-5-6-15-25(22)26/h5-21H,3-4H2,1-2H3,(H,37,38). The summed E-state index contributed by atoms with van der Waals surface area (Å²) in [7, 11) is 0. The molecule has 0 spiro atoms. The van der Waals surface area contributed by atoms with Crippen molar-refractivity contribution >= 4 is 49.9 Å². The minimum atomic E-state index is -0.481. The molecule has 1 N–H and O–H groups in total. The van der Waals surface area contributed by atoms with E-state index in [1.807, 2.05) is 103 Å². The zero-order chi connectivity index (χ0) is 29.1. The van der Waals surface area contributed by atoms with Gasteiger partial charge < -0.3 is 14.8 Å². The fraction of sp³-hybridized carbons (Fsp3) is 0.114. The molecule has 0 aliphatic carbocycles. The summed E-state index contributed by atoms with van der Waals surface area (Å²) in [6.45, 7) is 4.47. The summed E-state index contributed by atoms with van der Waals surface area (Å²) in [5, 5.41) is 8.15. The number of carbonyl (C=O) groups is 2. The molecule has 6 aromatic rings. The molecular formula is C35H28N2O4S. The normalized spacial score (nSPS) is 11.0. The average molecular weight is 573 g/mol. The number of amides is 1. The highest BCUT2D eigenvalue weighted by molar-refractivity contribution is 7.15. The van der Waals surface area contributed by atoms with Crippen molar-refractivity contribution in [2.75, 3.05) is 18.5 Å². The minimum Gasteiger partial charge on any atom is -0.494 e. The molecule has 6 rings (SSSR count). The van der Waals surface area contributed by atoms with E-state index < -0.39 is 5.97 Å². The highest BCUT2D eigenvalue weighted by atomic mass is 32.1. The first kappa shape index (κ1) is 27.2. The lowest BCUT2D eigenvalue weighted by Crippen LogP contribution is -2.15. The van der Waals surface area contributed by atoms with Crippen molar-refractivity contribution in [3.05, 3.63) is 114 Å². The lowest BCUT2D eigenvalue weighted by molar-refractivity contribution is 0.0529. The number of benzene rings is 4. The van der Waals surface area contributed by atoms with Gasteiger partial charge in [0, 0.05) is 21.9 Å². The molecule has 2 heterocycles. The van der Waals surface area contributed by atoms with Crippen LogP contribution in [0.4, 0.5) is 5.00 Å². The van der Waals surface area contributed by atoms with Gasteiger partial charge in [0.1, 0.15) is 16.3 Å². The van der Waals surface area contributed by atoms with Gasteiger partial charge in [-0.25, -0.2) is 9.78 Å². The van der Waals surface area contributed by atoms with Crippen LogP contribution in [-0.2, 0) is 4.74 Å². The third kappa shape index (κ3) is 5.22. The maximum Gasteiger partial charge on any atom is 0.341 e. The maximum absolute atomic E-state index is 14.0. The zero-order valence-electron chi connectivity index (χ0n) is 23.2. The van der Waals surface area contributed by atoms with Crippen LogP contribution in [0.15, 0.2) is 102 Å². The third-order valence-corrected chi connectivity index (χ3v) is 7.87. The molecule has 7 heteroatoms. The number of ether oxygens (including phenoxy) is 2. The summed E-state index contributed by atoms with van der Waals surface area (Å²) >= 11 is 1.31. The lowest BCUT2D eigenvalue weighted by Gasteiger charge is -2.13. The Labute approximate surface area is 247 Å². The van der Waals surface area contributed by atoms with Crippen LogP contribution < -0.4 is 10.1 Å². The number of carbonyl (C=O) groups excluding carboxylic acids is 2. The summed E-state index contributed by atoms with van der Waals surface area (Å²) in [5.74, 6) is -0.0905. The van der Waals surface area contributed by atoms with E-state index in [0.29, 0.717) is 39.3 Å². The SMILES string of the molecule is CCOC(=O)c1c(-c2cccc3ccccc23)csc1NC(=O)c1cc(-c2cccc(OCC)c2)nc2ccccc12. The monoisotopic (exact) mass is 572 g/mol. The predicted octanol–water partition coefficient (Wildman–Crippen LogP) is 8.61. The predicted molar refractivity (Wildman–Crippen MR) is 170 cm³/mol. The molecule has 4 aromatic carbocycles. The smallest absolute Gasteiger partial charge is 0.341 e. The Morgan fingerprint density at radius 3 is 2.40 bits per heavy atom. The molecule has 6 nitrogen and oxygen atoms in total. The highest BCUT2D eigenvalue weighted by Crippen LogP contribution is 2.40. The summed E-state index contributed by atoms with van der Waals surface area (Å²) in [6.07, 6.45) is 0. The van der Waals surface area contributed by atoms with E-state index in [1.165, 1.54) is 11.3 Å². The molecule has 0 aliphatic rings. The van der Waals surface area contributed by atoms with E-state index >= 15 is 0 Å². The van der Waals surface area contributed by atoms with Crippen LogP contribution >= 0.6 is 11.3 Å². The van der Waals surface area contributed by atoms with Gasteiger partial charge in [0.25, 0.3) is 5.91 Å². The number of aromatic nitrogens is 1. The molecule has 1 amide bonds. The number of hydrogen-bond donors (Lipinski definition) is 1. The van der Waals surface area contributed by atoms with Gasteiger partial charge in [0.15, 0.2) is 0 Å². The van der Waals surface area contributed by atoms with E-state index in [9.17, 15) is 9.59 Å². The fourth-order valence-electron chi connectivity index (χ4n) is 5.11. The Kier molecular flexibility index (Phi) is 7.66. The molecule has 42 heavy (non-hydrogen) atoms. The molecule has 0 aliphatic heterocycles. The number of para-hydroxylation sites is 1. The van der Waals surface area contributed by atoms with Gasteiger partial charge in [-0.3, -0.25) is 4.79 Å². The second kappa shape index (κ2) is 11.8. The lowest BCUT2D eigenvalue weighted by atomic mass is 9.97. The quantitative estimate of drug-likeness (QED) is 0.185. The number of nitrogens with one attached hydrogen (secondary N) is 1. The molecule has 208 valence electrons. The van der Waals surface area contributed by atoms with Gasteiger partial charge >= 0.3 is 5.97 Å². The van der Waals surface area contributed by atoms with E-state index in [2.05, 4.69) is 5.32 Å². The number of pyridine rings is 1. The number of nitrogens with zero attached hydrogens (tertiary/aromatic N) is 1. The van der Waals surface area contributed by atoms with Crippen molar-refractivity contribution in [1.82, 2.24) is 4.98 Å². The van der Waals surface area contributed by atoms with Crippen molar-refractivity contribution in [3.63, 3.8) is 0 Å². The number of anilines is 1. The van der Waals surface area contributed by atoms with E-state index in [4.69, 9.17) is 14.5 Å². The Morgan fingerprint density at radius 2 is 1.57 bits per heavy atom. The van der Waals surface area contributed by atoms with Crippen molar-refractivity contribution in [3.8, 4) is 28.1 Å². The molecule has 0 bridgehead atoms. The summed E-state index contributed by atoms with van der Waals surface area (Å²) in [5.41, 5.74) is 4.59. The molecule has 0 radical (unpaired) electrons. The first-order chi connectivity index (χ1) is 20.6. The molecule has 0 saturated carbocycles. The summed E-state index contributed by atoms with van der Waals surface area (Å²) < 4.78 is 11.1. The highest BCUT2D eigenvalue weighted by Gasteiger charge is 2.25. The molecular weight excluding hydrogens is 544 g/mol. The van der Waals surface area contributed by atoms with Crippen LogP contribution in [0.1, 0.15) is 34.6 Å². The Balaban J connectivity index is 1.44. The second-order valence-electron chi connectivity index (χ2n) is 9.59. The molecule has 2 aromatic heterocycles. The molecule has 0 saturated heterocycles. The van der Waals surface area contributed by atoms with Crippen molar-refractivity contribution in [2.24, 2.45) is 0 Å². The Morgan fingerprint density at radius 1 is 0.810 bits per heavy atom. The summed E-state index contributed by atoms with van der Waals surface area (Å²) in [4.78, 5) is 32.1. The Hall–Kier alpha value is -5.01. The average Bonchev–Trinajstić information content (AvgIpc) is 3.44. The van der Waals surface area contributed by atoms with Crippen LogP contribution in [0.5, 0.6) is 5.75 Å². The van der Waals surface area contributed by atoms with Gasteiger partial charge in [-0.05, 0) is 54.4 Å². The second-order valence-corrected chi connectivity index (χ2v) is 10.5. The number of hydrogen-bond acceptors (Lipinski definition) is 6. The number of esters is 1. The first-order valence-electron chi connectivity index (χ1n) is 13.8.